The molecule has 0 N–H and O–H groups in total. The largest absolute Gasteiger partial charge is 0.176 e. The van der Waals surface area contributed by atoms with Gasteiger partial charge in [-0.1, -0.05) is 215 Å². The summed E-state index contributed by atoms with van der Waals surface area (Å²) >= 11 is 0. The molecule has 5 rings (SSSR count). The Morgan fingerprint density at radius 1 is 0.365 bits per heavy atom. The van der Waals surface area contributed by atoms with E-state index in [1.165, 1.54) is 60.1 Å². The molecule has 0 radical (unpaired) electrons. The third-order valence-electron chi connectivity index (χ3n) is 11.5. The Morgan fingerprint density at radius 2 is 0.635 bits per heavy atom. The number of allylic oxidation sites excluding steroid dienone is 1. The molecule has 0 bridgehead atoms. The molecule has 0 atom stereocenters. The predicted molar refractivity (Wildman–Crippen MR) is 234 cm³/mol. The van der Waals surface area contributed by atoms with Gasteiger partial charge in [-0.25, -0.2) is 0 Å². The van der Waals surface area contributed by atoms with Crippen LogP contribution in [0.25, 0.3) is 6.08 Å². The Kier molecular flexibility index (Phi) is 10.0. The molecule has 0 aliphatic heterocycles. The SMILES string of the molecule is CC(C)(C)c1cc(C(C)(C)C)cc([Si](C2=Cc3ccccc3C2)(c2cc(C(C)(C)C)cc(C(C)(C)C)c2)c2cc(C(C)(C)C)cc(C(C)(C)C)c2)c1. The summed E-state index contributed by atoms with van der Waals surface area (Å²) in [6.45, 7) is 43.0. The highest BCUT2D eigenvalue weighted by Crippen LogP contribution is 2.38. The van der Waals surface area contributed by atoms with Gasteiger partial charge >= 0.3 is 0 Å². The second-order valence-electron chi connectivity index (χ2n) is 22.2. The van der Waals surface area contributed by atoms with Crippen molar-refractivity contribution in [2.75, 3.05) is 0 Å². The third kappa shape index (κ3) is 7.87. The zero-order valence-corrected chi connectivity index (χ0v) is 37.3. The van der Waals surface area contributed by atoms with Crippen molar-refractivity contribution in [3.63, 3.8) is 0 Å². The lowest BCUT2D eigenvalue weighted by Crippen LogP contribution is -2.69. The van der Waals surface area contributed by atoms with Crippen LogP contribution in [0.15, 0.2) is 84.1 Å². The van der Waals surface area contributed by atoms with Crippen LogP contribution >= 0.6 is 0 Å². The maximum absolute atomic E-state index is 2.99. The summed E-state index contributed by atoms with van der Waals surface area (Å²) in [7, 11) is -2.99. The number of hydrogen-bond donors (Lipinski definition) is 0. The molecule has 52 heavy (non-hydrogen) atoms. The molecule has 0 aromatic heterocycles. The molecule has 0 saturated carbocycles. The first-order valence-corrected chi connectivity index (χ1v) is 21.8. The Labute approximate surface area is 320 Å². The van der Waals surface area contributed by atoms with Crippen molar-refractivity contribution in [2.24, 2.45) is 0 Å². The van der Waals surface area contributed by atoms with Crippen LogP contribution in [0.4, 0.5) is 0 Å². The standard InChI is InChI=1S/C51H70Si/c1-46(2,3)36-25-37(47(4,5)6)29-43(28-36)52(42-23-34-21-19-20-22-35(34)24-42,44-30-38(48(7,8)9)26-39(31-44)49(10,11)12)45-32-40(50(13,14)15)27-41(33-45)51(16,17)18/h19-23,25-33H,24H2,1-18H3. The Hall–Kier alpha value is -3.16. The molecule has 0 fully saturated rings. The maximum Gasteiger partial charge on any atom is 0.176 e. The average molecular weight is 711 g/mol. The van der Waals surface area contributed by atoms with Crippen molar-refractivity contribution in [3.05, 3.63) is 129 Å². The van der Waals surface area contributed by atoms with E-state index in [4.69, 9.17) is 0 Å². The van der Waals surface area contributed by atoms with Crippen LogP contribution in [0.5, 0.6) is 0 Å². The summed E-state index contributed by atoms with van der Waals surface area (Å²) < 4.78 is 0. The first-order chi connectivity index (χ1) is 23.5. The molecule has 0 amide bonds. The predicted octanol–water partition coefficient (Wildman–Crippen LogP) is 12.1. The first kappa shape index (κ1) is 40.0. The second-order valence-corrected chi connectivity index (χ2v) is 26.1. The minimum atomic E-state index is -2.99. The Bertz CT molecular complexity index is 1710. The number of fused-ring (bicyclic) bond motifs is 1. The highest BCUT2D eigenvalue weighted by Gasteiger charge is 2.47. The number of benzene rings is 4. The summed E-state index contributed by atoms with van der Waals surface area (Å²) in [5.41, 5.74) is 11.4. The highest BCUT2D eigenvalue weighted by molar-refractivity contribution is 7.16. The molecule has 1 aliphatic carbocycles. The number of hydrogen-bond acceptors (Lipinski definition) is 0. The quantitative estimate of drug-likeness (QED) is 0.146. The topological polar surface area (TPSA) is 0 Å². The fraction of sp³-hybridized carbons (Fsp3) is 0.490. The van der Waals surface area contributed by atoms with Crippen LogP contribution < -0.4 is 15.6 Å². The van der Waals surface area contributed by atoms with E-state index in [1.807, 2.05) is 0 Å². The van der Waals surface area contributed by atoms with Crippen molar-refractivity contribution in [1.29, 1.82) is 0 Å². The fourth-order valence-corrected chi connectivity index (χ4v) is 12.9. The number of rotatable bonds is 4. The highest BCUT2D eigenvalue weighted by atomic mass is 28.3. The van der Waals surface area contributed by atoms with Gasteiger partial charge < -0.3 is 0 Å². The molecule has 0 saturated heterocycles. The lowest BCUT2D eigenvalue weighted by molar-refractivity contribution is 0.569. The molecule has 0 nitrogen and oxygen atoms in total. The van der Waals surface area contributed by atoms with E-state index < -0.39 is 8.07 Å². The summed E-state index contributed by atoms with van der Waals surface area (Å²) in [5, 5.41) is 6.14. The van der Waals surface area contributed by atoms with Crippen LogP contribution in [0.1, 0.15) is 169 Å². The van der Waals surface area contributed by atoms with Crippen LogP contribution in [0, 0.1) is 0 Å². The van der Waals surface area contributed by atoms with Gasteiger partial charge in [0.15, 0.2) is 8.07 Å². The molecule has 0 spiro atoms. The second kappa shape index (κ2) is 13.0. The minimum absolute atomic E-state index is 0.00315. The maximum atomic E-state index is 2.65. The smallest absolute Gasteiger partial charge is 0.0624 e. The third-order valence-corrected chi connectivity index (χ3v) is 16.3. The molecule has 4 aromatic rings. The molecule has 1 aliphatic rings. The molecular weight excluding hydrogens is 641 g/mol. The zero-order chi connectivity index (χ0) is 39.0. The van der Waals surface area contributed by atoms with Gasteiger partial charge in [0, 0.05) is 0 Å². The van der Waals surface area contributed by atoms with Crippen LogP contribution in [-0.4, -0.2) is 8.07 Å². The summed E-state index contributed by atoms with van der Waals surface area (Å²) in [6.07, 6.45) is 3.59. The van der Waals surface area contributed by atoms with Gasteiger partial charge in [-0.3, -0.25) is 0 Å². The molecular formula is C51H70Si. The Balaban J connectivity index is 2.14. The van der Waals surface area contributed by atoms with Gasteiger partial charge in [-0.15, -0.1) is 0 Å². The van der Waals surface area contributed by atoms with Gasteiger partial charge in [0.1, 0.15) is 0 Å². The summed E-state index contributed by atoms with van der Waals surface area (Å²) in [4.78, 5) is 0. The van der Waals surface area contributed by atoms with Crippen molar-refractivity contribution < 1.29 is 0 Å². The van der Waals surface area contributed by atoms with Gasteiger partial charge in [-0.05, 0) is 99.0 Å². The lowest BCUT2D eigenvalue weighted by atomic mass is 9.80. The molecule has 0 heterocycles. The first-order valence-electron chi connectivity index (χ1n) is 19.8. The fourth-order valence-electron chi connectivity index (χ4n) is 7.71. The van der Waals surface area contributed by atoms with Crippen molar-refractivity contribution in [1.82, 2.24) is 0 Å². The van der Waals surface area contributed by atoms with E-state index in [-0.39, 0.29) is 32.5 Å². The van der Waals surface area contributed by atoms with E-state index in [0.717, 1.165) is 6.42 Å². The normalized spacial score (nSPS) is 14.8. The van der Waals surface area contributed by atoms with Gasteiger partial charge in [0.25, 0.3) is 0 Å². The molecule has 4 aromatic carbocycles. The lowest BCUT2D eigenvalue weighted by Gasteiger charge is -2.40. The van der Waals surface area contributed by atoms with Crippen molar-refractivity contribution in [3.8, 4) is 0 Å². The van der Waals surface area contributed by atoms with E-state index in [0.29, 0.717) is 0 Å². The van der Waals surface area contributed by atoms with Crippen LogP contribution in [0.2, 0.25) is 0 Å². The monoisotopic (exact) mass is 711 g/mol. The van der Waals surface area contributed by atoms with E-state index in [1.54, 1.807) is 5.20 Å². The van der Waals surface area contributed by atoms with Gasteiger partial charge in [0.05, 0.1) is 0 Å². The summed E-state index contributed by atoms with van der Waals surface area (Å²) in [5.74, 6) is 0. The van der Waals surface area contributed by atoms with E-state index >= 15 is 0 Å². The van der Waals surface area contributed by atoms with Crippen LogP contribution in [-0.2, 0) is 38.9 Å². The van der Waals surface area contributed by atoms with Crippen molar-refractivity contribution in [2.45, 2.75) is 164 Å². The molecule has 0 unspecified atom stereocenters. The van der Waals surface area contributed by atoms with E-state index in [2.05, 4.69) is 210 Å². The zero-order valence-electron chi connectivity index (χ0n) is 36.3. The minimum Gasteiger partial charge on any atom is -0.0624 e. The van der Waals surface area contributed by atoms with Gasteiger partial charge in [-0.2, -0.15) is 0 Å². The summed E-state index contributed by atoms with van der Waals surface area (Å²) in [6, 6.07) is 32.6. The molecule has 1 heteroatoms. The Morgan fingerprint density at radius 3 is 0.885 bits per heavy atom. The van der Waals surface area contributed by atoms with Gasteiger partial charge in [0.2, 0.25) is 0 Å². The average Bonchev–Trinajstić information content (AvgIpc) is 3.43. The molecule has 278 valence electrons. The van der Waals surface area contributed by atoms with Crippen LogP contribution in [0.3, 0.4) is 0 Å². The van der Waals surface area contributed by atoms with E-state index in [9.17, 15) is 0 Å². The van der Waals surface area contributed by atoms with Crippen molar-refractivity contribution >= 4 is 29.7 Å².